The van der Waals surface area contributed by atoms with E-state index in [0.717, 1.165) is 0 Å². The van der Waals surface area contributed by atoms with E-state index in [1.54, 1.807) is 0 Å². The van der Waals surface area contributed by atoms with Gasteiger partial charge in [0, 0.05) is 0 Å². The zero-order valence-corrected chi connectivity index (χ0v) is 5.19. The molecule has 0 bridgehead atoms. The van der Waals surface area contributed by atoms with E-state index in [1.165, 1.54) is 26.4 Å². The van der Waals surface area contributed by atoms with Crippen LogP contribution in [0.2, 0.25) is 0 Å². The second kappa shape index (κ2) is 40.3. The molecule has 0 amide bonds. The SMILES string of the molecule is C[C-]=O.C[C-]=O.[Co+2]. The smallest absolute Gasteiger partial charge is 0.542 e. The van der Waals surface area contributed by atoms with Crippen molar-refractivity contribution in [2.24, 2.45) is 0 Å². The molecule has 1 radical (unpaired) electrons. The maximum Gasteiger partial charge on any atom is 2.00 e. The summed E-state index contributed by atoms with van der Waals surface area (Å²) in [6.45, 7) is 2.64. The molecular formula is C4H6CoO2. The van der Waals surface area contributed by atoms with Crippen LogP contribution in [0.5, 0.6) is 0 Å². The van der Waals surface area contributed by atoms with Gasteiger partial charge in [0.15, 0.2) is 0 Å². The second-order valence-electron chi connectivity index (χ2n) is 0.408. The number of rotatable bonds is 0. The first-order valence-corrected chi connectivity index (χ1v) is 1.41. The van der Waals surface area contributed by atoms with Gasteiger partial charge in [-0.3, -0.25) is 12.6 Å². The number of hydrogen-bond acceptors (Lipinski definition) is 2. The molecule has 0 spiro atoms. The van der Waals surface area contributed by atoms with Gasteiger partial charge in [0.25, 0.3) is 0 Å². The molecule has 7 heavy (non-hydrogen) atoms. The molecule has 0 aromatic rings. The first kappa shape index (κ1) is 15.8. The maximum atomic E-state index is 8.68. The van der Waals surface area contributed by atoms with Crippen LogP contribution in [-0.4, -0.2) is 12.6 Å². The van der Waals surface area contributed by atoms with Gasteiger partial charge in [0.2, 0.25) is 0 Å². The molecule has 0 aliphatic carbocycles. The van der Waals surface area contributed by atoms with E-state index >= 15 is 0 Å². The van der Waals surface area contributed by atoms with Crippen LogP contribution in [0, 0.1) is 0 Å². The van der Waals surface area contributed by atoms with Crippen LogP contribution in [0.1, 0.15) is 13.8 Å². The number of hydrogen-bond donors (Lipinski definition) is 0. The minimum Gasteiger partial charge on any atom is -0.542 e. The van der Waals surface area contributed by atoms with Gasteiger partial charge in [0.1, 0.15) is 0 Å². The van der Waals surface area contributed by atoms with Crippen LogP contribution >= 0.6 is 0 Å². The molecule has 0 aliphatic heterocycles. The predicted octanol–water partition coefficient (Wildman–Crippen LogP) is 0.230. The third-order valence-corrected chi connectivity index (χ3v) is 0. The zero-order valence-electron chi connectivity index (χ0n) is 4.15. The summed E-state index contributed by atoms with van der Waals surface area (Å²) in [5, 5.41) is 0. The maximum absolute atomic E-state index is 8.68. The summed E-state index contributed by atoms with van der Waals surface area (Å²) < 4.78 is 0. The molecule has 0 unspecified atom stereocenters. The quantitative estimate of drug-likeness (QED) is 0.457. The van der Waals surface area contributed by atoms with Crippen LogP contribution < -0.4 is 0 Å². The minimum absolute atomic E-state index is 0. The van der Waals surface area contributed by atoms with E-state index in [1.807, 2.05) is 0 Å². The summed E-state index contributed by atoms with van der Waals surface area (Å²) in [7, 11) is 0. The summed E-state index contributed by atoms with van der Waals surface area (Å²) in [5.41, 5.74) is 0. The molecule has 0 atom stereocenters. The molecule has 0 aromatic heterocycles. The van der Waals surface area contributed by atoms with Gasteiger partial charge in [-0.15, -0.1) is 0 Å². The summed E-state index contributed by atoms with van der Waals surface area (Å²) in [5.74, 6) is 0. The van der Waals surface area contributed by atoms with E-state index in [2.05, 4.69) is 0 Å². The predicted molar refractivity (Wildman–Crippen MR) is 22.7 cm³/mol. The molecule has 0 N–H and O–H groups in total. The molecule has 0 rings (SSSR count). The third-order valence-electron chi connectivity index (χ3n) is 0. The minimum atomic E-state index is 0. The molecule has 3 heteroatoms. The van der Waals surface area contributed by atoms with Crippen molar-refractivity contribution in [3.8, 4) is 0 Å². The van der Waals surface area contributed by atoms with Crippen molar-refractivity contribution >= 4 is 12.6 Å². The van der Waals surface area contributed by atoms with Crippen LogP contribution in [0.3, 0.4) is 0 Å². The Balaban J connectivity index is -0.0000000400. The monoisotopic (exact) mass is 145 g/mol. The Bertz CT molecular complexity index is 30.7. The van der Waals surface area contributed by atoms with Crippen molar-refractivity contribution < 1.29 is 26.4 Å². The Labute approximate surface area is 53.5 Å². The van der Waals surface area contributed by atoms with Crippen molar-refractivity contribution in [2.45, 2.75) is 13.8 Å². The van der Waals surface area contributed by atoms with Gasteiger partial charge in [-0.1, -0.05) is 0 Å². The van der Waals surface area contributed by atoms with Crippen LogP contribution in [0.15, 0.2) is 0 Å². The average molecular weight is 145 g/mol. The fraction of sp³-hybridized carbons (Fsp3) is 0.500. The van der Waals surface area contributed by atoms with Crippen LogP contribution in [0.4, 0.5) is 0 Å². The van der Waals surface area contributed by atoms with Gasteiger partial charge in [-0.25, -0.2) is 0 Å². The molecule has 0 fully saturated rings. The van der Waals surface area contributed by atoms with Gasteiger partial charge in [-0.2, -0.15) is 13.8 Å². The van der Waals surface area contributed by atoms with E-state index in [0.29, 0.717) is 0 Å². The third kappa shape index (κ3) is 3670. The van der Waals surface area contributed by atoms with Gasteiger partial charge < -0.3 is 9.59 Å². The average Bonchev–Trinajstić information content (AvgIpc) is 1.39. The fourth-order valence-corrected chi connectivity index (χ4v) is 0. The van der Waals surface area contributed by atoms with Crippen LogP contribution in [-0.2, 0) is 26.4 Å². The molecule has 0 saturated carbocycles. The van der Waals surface area contributed by atoms with Crippen molar-refractivity contribution in [2.75, 3.05) is 0 Å². The summed E-state index contributed by atoms with van der Waals surface area (Å²) in [6, 6.07) is 0. The van der Waals surface area contributed by atoms with E-state index in [4.69, 9.17) is 9.59 Å². The Morgan fingerprint density at radius 3 is 1.00 bits per heavy atom. The largest absolute Gasteiger partial charge is 2.00 e. The van der Waals surface area contributed by atoms with Crippen molar-refractivity contribution in [1.82, 2.24) is 0 Å². The van der Waals surface area contributed by atoms with Crippen molar-refractivity contribution in [3.05, 3.63) is 0 Å². The molecule has 0 aromatic carbocycles. The zero-order chi connectivity index (χ0) is 5.41. The van der Waals surface area contributed by atoms with Crippen molar-refractivity contribution in [3.63, 3.8) is 0 Å². The first-order chi connectivity index (χ1) is 2.83. The molecule has 0 heterocycles. The number of carbonyl (C=O) groups excluding carboxylic acids is 2. The summed E-state index contributed by atoms with van der Waals surface area (Å²) >= 11 is 0. The van der Waals surface area contributed by atoms with Crippen LogP contribution in [0.25, 0.3) is 0 Å². The fourth-order valence-electron chi connectivity index (χ4n) is 0. The Morgan fingerprint density at radius 1 is 1.00 bits per heavy atom. The summed E-state index contributed by atoms with van der Waals surface area (Å²) in [6.07, 6.45) is 3.00. The summed E-state index contributed by atoms with van der Waals surface area (Å²) in [4.78, 5) is 17.4. The molecule has 0 aliphatic rings. The Morgan fingerprint density at radius 2 is 1.00 bits per heavy atom. The van der Waals surface area contributed by atoms with Gasteiger partial charge >= 0.3 is 16.8 Å². The normalized spacial score (nSPS) is 3.71. The van der Waals surface area contributed by atoms with E-state index in [9.17, 15) is 0 Å². The van der Waals surface area contributed by atoms with E-state index in [-0.39, 0.29) is 16.8 Å². The first-order valence-electron chi connectivity index (χ1n) is 1.41. The van der Waals surface area contributed by atoms with Gasteiger partial charge in [-0.05, 0) is 0 Å². The Kier molecular flexibility index (Phi) is 91.0. The van der Waals surface area contributed by atoms with E-state index < -0.39 is 0 Å². The van der Waals surface area contributed by atoms with Gasteiger partial charge in [0.05, 0.1) is 0 Å². The Hall–Kier alpha value is -0.154. The topological polar surface area (TPSA) is 34.1 Å². The molecule has 2 nitrogen and oxygen atoms in total. The van der Waals surface area contributed by atoms with Crippen molar-refractivity contribution in [1.29, 1.82) is 0 Å². The molecular weight excluding hydrogens is 139 g/mol. The standard InChI is InChI=1S/2C2H3O.Co/c2*1-2-3;/h2*1H3;/q2*-1;+2. The molecule has 43 valence electrons. The molecule has 0 saturated heterocycles. The second-order valence-corrected chi connectivity index (χ2v) is 0.408.